The highest BCUT2D eigenvalue weighted by molar-refractivity contribution is 5.94. The molecule has 0 saturated carbocycles. The summed E-state index contributed by atoms with van der Waals surface area (Å²) in [6.07, 6.45) is 3.37. The van der Waals surface area contributed by atoms with Crippen molar-refractivity contribution >= 4 is 17.7 Å². The highest BCUT2D eigenvalue weighted by atomic mass is 16.5. The van der Waals surface area contributed by atoms with Crippen molar-refractivity contribution in [1.29, 1.82) is 0 Å². The van der Waals surface area contributed by atoms with Gasteiger partial charge in [0.1, 0.15) is 17.7 Å². The zero-order valence-corrected chi connectivity index (χ0v) is 24.2. The van der Waals surface area contributed by atoms with Gasteiger partial charge in [-0.3, -0.25) is 14.4 Å². The quantitative estimate of drug-likeness (QED) is 0.473. The molecular formula is C30H39N7O4. The number of hydrogen-bond acceptors (Lipinski definition) is 7. The predicted octanol–water partition coefficient (Wildman–Crippen LogP) is 2.86. The summed E-state index contributed by atoms with van der Waals surface area (Å²) in [5.41, 5.74) is 1.47. The molecule has 3 heterocycles. The first kappa shape index (κ1) is 29.7. The number of rotatable bonds is 6. The van der Waals surface area contributed by atoms with Gasteiger partial charge in [-0.15, -0.1) is 0 Å². The minimum absolute atomic E-state index is 0.0800. The Hall–Kier alpha value is -4.28. The summed E-state index contributed by atoms with van der Waals surface area (Å²) in [5, 5.41) is 10.8. The van der Waals surface area contributed by atoms with Crippen LogP contribution in [0.5, 0.6) is 5.88 Å². The van der Waals surface area contributed by atoms with Crippen LogP contribution in [-0.2, 0) is 22.6 Å². The number of pyridine rings is 1. The number of aryl methyl sites for hydroxylation is 1. The van der Waals surface area contributed by atoms with Crippen LogP contribution in [0.4, 0.5) is 0 Å². The van der Waals surface area contributed by atoms with Crippen LogP contribution >= 0.6 is 0 Å². The van der Waals surface area contributed by atoms with Crippen molar-refractivity contribution in [1.82, 2.24) is 35.3 Å². The molecule has 11 nitrogen and oxygen atoms in total. The molecule has 0 radical (unpaired) electrons. The predicted molar refractivity (Wildman–Crippen MR) is 153 cm³/mol. The second-order valence-electron chi connectivity index (χ2n) is 10.4. The maximum Gasteiger partial charge on any atom is 0.254 e. The normalized spacial score (nSPS) is 19.4. The Bertz CT molecular complexity index is 1340. The molecule has 3 amide bonds. The number of nitrogens with one attached hydrogen (secondary N) is 2. The zero-order chi connectivity index (χ0) is 29.4. The fourth-order valence-electron chi connectivity index (χ4n) is 4.96. The Morgan fingerprint density at radius 2 is 1.90 bits per heavy atom. The second kappa shape index (κ2) is 13.9. The lowest BCUT2D eigenvalue weighted by Gasteiger charge is -2.28. The number of hydrogen-bond donors (Lipinski definition) is 2. The van der Waals surface area contributed by atoms with Gasteiger partial charge >= 0.3 is 0 Å². The van der Waals surface area contributed by atoms with Crippen molar-refractivity contribution in [2.45, 2.75) is 65.1 Å². The number of amides is 3. The van der Waals surface area contributed by atoms with Gasteiger partial charge in [-0.05, 0) is 37.3 Å². The van der Waals surface area contributed by atoms with Crippen LogP contribution in [0.1, 0.15) is 66.7 Å². The molecule has 1 aliphatic rings. The molecule has 0 aliphatic carbocycles. The Balaban J connectivity index is 1.70. The lowest BCUT2D eigenvalue weighted by atomic mass is 9.97. The van der Waals surface area contributed by atoms with Crippen molar-refractivity contribution in [3.63, 3.8) is 0 Å². The van der Waals surface area contributed by atoms with Crippen LogP contribution in [0.25, 0.3) is 0 Å². The summed E-state index contributed by atoms with van der Waals surface area (Å²) in [6, 6.07) is 11.9. The standard InChI is InChI=1S/C30H39N7O4/c1-5-20(2)27-29(39)33-24(18-22-10-7-6-8-11-22)28-32-21(3)35-37(28)17-16-36(15-9-12-25(38)34-27)30(40)23-13-14-31-26(19-23)41-4/h6-8,10-11,13-14,19-20,24,27H,5,9,12,15-18H2,1-4H3,(H,33,39)(H,34,38)/t20-,24-,27-/m0/s1. The van der Waals surface area contributed by atoms with Gasteiger partial charge in [-0.1, -0.05) is 50.6 Å². The van der Waals surface area contributed by atoms with Gasteiger partial charge in [0.15, 0.2) is 0 Å². The maximum atomic E-state index is 13.6. The highest BCUT2D eigenvalue weighted by Gasteiger charge is 2.31. The maximum absolute atomic E-state index is 13.6. The third-order valence-electron chi connectivity index (χ3n) is 7.42. The lowest BCUT2D eigenvalue weighted by Crippen LogP contribution is -2.51. The number of nitrogens with zero attached hydrogens (tertiary/aromatic N) is 5. The molecule has 3 atom stereocenters. The number of fused-ring (bicyclic) bond motifs is 1. The molecule has 11 heteroatoms. The summed E-state index contributed by atoms with van der Waals surface area (Å²) in [4.78, 5) is 50.7. The molecule has 2 aromatic heterocycles. The molecule has 0 unspecified atom stereocenters. The molecule has 4 rings (SSSR count). The molecular weight excluding hydrogens is 522 g/mol. The first-order chi connectivity index (χ1) is 19.8. The molecule has 41 heavy (non-hydrogen) atoms. The fourth-order valence-corrected chi connectivity index (χ4v) is 4.96. The molecule has 218 valence electrons. The Kier molecular flexibility index (Phi) is 10.0. The topological polar surface area (TPSA) is 131 Å². The minimum Gasteiger partial charge on any atom is -0.481 e. The van der Waals surface area contributed by atoms with Crippen molar-refractivity contribution in [2.24, 2.45) is 5.92 Å². The smallest absolute Gasteiger partial charge is 0.254 e. The van der Waals surface area contributed by atoms with Crippen molar-refractivity contribution in [3.8, 4) is 5.88 Å². The molecule has 0 bridgehead atoms. The third-order valence-corrected chi connectivity index (χ3v) is 7.42. The summed E-state index contributed by atoms with van der Waals surface area (Å²) in [6.45, 7) is 6.82. The molecule has 0 spiro atoms. The van der Waals surface area contributed by atoms with Gasteiger partial charge in [0.2, 0.25) is 17.7 Å². The van der Waals surface area contributed by atoms with Gasteiger partial charge in [-0.25, -0.2) is 14.6 Å². The van der Waals surface area contributed by atoms with Crippen molar-refractivity contribution in [3.05, 3.63) is 71.4 Å². The van der Waals surface area contributed by atoms with Gasteiger partial charge in [0.25, 0.3) is 5.91 Å². The summed E-state index contributed by atoms with van der Waals surface area (Å²) in [7, 11) is 1.50. The van der Waals surface area contributed by atoms with Gasteiger partial charge in [0, 0.05) is 37.3 Å². The summed E-state index contributed by atoms with van der Waals surface area (Å²) in [5.74, 6) is 0.776. The van der Waals surface area contributed by atoms with E-state index in [0.717, 1.165) is 5.56 Å². The second-order valence-corrected chi connectivity index (χ2v) is 10.4. The Labute approximate surface area is 240 Å². The number of aromatic nitrogens is 4. The third kappa shape index (κ3) is 7.68. The SMILES string of the molecule is CC[C@H](C)[C@@H]1NC(=O)CCCN(C(=O)c2ccnc(OC)c2)CCn2nc(C)nc2[C@H](Cc2ccccc2)NC1=O. The van der Waals surface area contributed by atoms with Gasteiger partial charge in [0.05, 0.1) is 19.7 Å². The van der Waals surface area contributed by atoms with E-state index >= 15 is 0 Å². The van der Waals surface area contributed by atoms with Crippen LogP contribution in [0.2, 0.25) is 0 Å². The number of benzene rings is 1. The van der Waals surface area contributed by atoms with E-state index in [4.69, 9.17) is 9.72 Å². The molecule has 0 saturated heterocycles. The molecule has 1 aromatic carbocycles. The lowest BCUT2D eigenvalue weighted by molar-refractivity contribution is -0.130. The van der Waals surface area contributed by atoms with Gasteiger partial charge < -0.3 is 20.3 Å². The van der Waals surface area contributed by atoms with Crippen LogP contribution in [0.15, 0.2) is 48.7 Å². The number of methoxy groups -OCH3 is 1. The highest BCUT2D eigenvalue weighted by Crippen LogP contribution is 2.20. The van der Waals surface area contributed by atoms with E-state index in [2.05, 4.69) is 20.7 Å². The first-order valence-electron chi connectivity index (χ1n) is 14.1. The van der Waals surface area contributed by atoms with Crippen LogP contribution in [0.3, 0.4) is 0 Å². The summed E-state index contributed by atoms with van der Waals surface area (Å²) >= 11 is 0. The number of carbonyl (C=O) groups is 3. The average molecular weight is 562 g/mol. The fraction of sp³-hybridized carbons (Fsp3) is 0.467. The average Bonchev–Trinajstić information content (AvgIpc) is 3.36. The number of ether oxygens (including phenoxy) is 1. The van der Waals surface area contributed by atoms with Crippen molar-refractivity contribution in [2.75, 3.05) is 20.2 Å². The van der Waals surface area contributed by atoms with Crippen molar-refractivity contribution < 1.29 is 19.1 Å². The van der Waals surface area contributed by atoms with E-state index in [9.17, 15) is 14.4 Å². The van der Waals surface area contributed by atoms with E-state index in [1.807, 2.05) is 51.1 Å². The van der Waals surface area contributed by atoms with Crippen LogP contribution < -0.4 is 15.4 Å². The zero-order valence-electron chi connectivity index (χ0n) is 24.2. The summed E-state index contributed by atoms with van der Waals surface area (Å²) < 4.78 is 6.99. The molecule has 1 aliphatic heterocycles. The Morgan fingerprint density at radius 1 is 1.12 bits per heavy atom. The van der Waals surface area contributed by atoms with Crippen LogP contribution in [0, 0.1) is 12.8 Å². The van der Waals surface area contributed by atoms with Gasteiger partial charge in [-0.2, -0.15) is 5.10 Å². The molecule has 0 fully saturated rings. The monoisotopic (exact) mass is 561 g/mol. The van der Waals surface area contributed by atoms with E-state index < -0.39 is 12.1 Å². The number of carbonyl (C=O) groups excluding carboxylic acids is 3. The van der Waals surface area contributed by atoms with E-state index in [-0.39, 0.29) is 30.1 Å². The Morgan fingerprint density at radius 3 is 2.63 bits per heavy atom. The van der Waals surface area contributed by atoms with Crippen LogP contribution in [-0.4, -0.2) is 68.6 Å². The van der Waals surface area contributed by atoms with E-state index in [1.165, 1.54) is 13.3 Å². The molecule has 3 aromatic rings. The molecule has 2 N–H and O–H groups in total. The largest absolute Gasteiger partial charge is 0.481 e. The minimum atomic E-state index is -0.701. The van der Waals surface area contributed by atoms with E-state index in [0.29, 0.717) is 62.0 Å². The van der Waals surface area contributed by atoms with E-state index in [1.54, 1.807) is 21.7 Å². The first-order valence-corrected chi connectivity index (χ1v) is 14.1.